The highest BCUT2D eigenvalue weighted by Crippen LogP contribution is 2.29. The van der Waals surface area contributed by atoms with Crippen LogP contribution in [0, 0.1) is 0 Å². The van der Waals surface area contributed by atoms with Crippen molar-refractivity contribution in [2.75, 3.05) is 0 Å². The predicted molar refractivity (Wildman–Crippen MR) is 79.5 cm³/mol. The summed E-state index contributed by atoms with van der Waals surface area (Å²) in [6.07, 6.45) is 3.75. The fourth-order valence-electron chi connectivity index (χ4n) is 2.22. The molecule has 24 heavy (non-hydrogen) atoms. The smallest absolute Gasteiger partial charge is 0.365 e. The number of esters is 1. The van der Waals surface area contributed by atoms with Crippen molar-refractivity contribution in [3.8, 4) is 5.75 Å². The highest BCUT2D eigenvalue weighted by molar-refractivity contribution is 7.86. The van der Waals surface area contributed by atoms with Gasteiger partial charge in [0.05, 0.1) is 12.5 Å². The average Bonchev–Trinajstić information content (AvgIpc) is 2.55. The minimum atomic E-state index is -4.16. The Bertz CT molecular complexity index is 968. The lowest BCUT2D eigenvalue weighted by molar-refractivity contribution is -0.135. The Hall–Kier alpha value is -3.03. The van der Waals surface area contributed by atoms with Crippen LogP contribution >= 0.6 is 0 Å². The number of ether oxygens (including phenoxy) is 1. The van der Waals surface area contributed by atoms with E-state index in [1.807, 2.05) is 0 Å². The Kier molecular flexibility index (Phi) is 3.88. The maximum atomic E-state index is 12.3. The largest absolute Gasteiger partial charge is 0.426 e. The average molecular weight is 346 g/mol. The van der Waals surface area contributed by atoms with E-state index < -0.39 is 15.9 Å². The third kappa shape index (κ3) is 3.03. The number of hydrogen-bond donors (Lipinski definition) is 0. The molecule has 1 aliphatic heterocycles. The normalized spacial score (nSPS) is 16.8. The van der Waals surface area contributed by atoms with E-state index in [1.165, 1.54) is 18.2 Å². The Morgan fingerprint density at radius 1 is 1.17 bits per heavy atom. The van der Waals surface area contributed by atoms with E-state index in [9.17, 15) is 18.0 Å². The molecule has 1 aromatic rings. The van der Waals surface area contributed by atoms with Gasteiger partial charge in [-0.25, -0.2) is 0 Å². The van der Waals surface area contributed by atoms with E-state index in [1.54, 1.807) is 0 Å². The maximum absolute atomic E-state index is 12.3. The van der Waals surface area contributed by atoms with Gasteiger partial charge in [0.25, 0.3) is 5.78 Å². The Morgan fingerprint density at radius 3 is 2.71 bits per heavy atom. The molecule has 0 amide bonds. The number of carbonyl (C=O) groups excluding carboxylic acids is 2. The molecule has 2 aliphatic rings. The molecule has 0 spiro atoms. The van der Waals surface area contributed by atoms with Crippen LogP contribution in [-0.4, -0.2) is 30.7 Å². The third-order valence-electron chi connectivity index (χ3n) is 3.39. The van der Waals surface area contributed by atoms with Crippen LogP contribution in [0.5, 0.6) is 5.75 Å². The number of rotatable bonds is 3. The number of nitrogens with zero attached hydrogens (tertiary/aromatic N) is 2. The van der Waals surface area contributed by atoms with Gasteiger partial charge in [-0.3, -0.25) is 9.59 Å². The van der Waals surface area contributed by atoms with Crippen LogP contribution in [0.25, 0.3) is 5.53 Å². The molecule has 0 unspecified atom stereocenters. The molecule has 1 aromatic carbocycles. The van der Waals surface area contributed by atoms with E-state index >= 15 is 0 Å². The molecule has 0 aromatic heterocycles. The first-order valence-corrected chi connectivity index (χ1v) is 8.24. The molecular formula is C15H10N2O6S. The first-order valence-electron chi connectivity index (χ1n) is 6.83. The first kappa shape index (κ1) is 15.9. The zero-order chi connectivity index (χ0) is 17.3. The summed E-state index contributed by atoms with van der Waals surface area (Å²) in [6.45, 7) is 0. The van der Waals surface area contributed by atoms with Gasteiger partial charge in [0.1, 0.15) is 10.6 Å². The number of benzene rings is 1. The van der Waals surface area contributed by atoms with Crippen molar-refractivity contribution >= 4 is 27.6 Å². The summed E-state index contributed by atoms with van der Waals surface area (Å²) < 4.78 is 34.6. The van der Waals surface area contributed by atoms with Crippen molar-refractivity contribution in [3.63, 3.8) is 0 Å². The number of hydrogen-bond acceptors (Lipinski definition) is 6. The molecular weight excluding hydrogens is 336 g/mol. The van der Waals surface area contributed by atoms with Crippen molar-refractivity contribution < 1.29 is 31.7 Å². The van der Waals surface area contributed by atoms with Gasteiger partial charge in [-0.15, -0.1) is 0 Å². The van der Waals surface area contributed by atoms with E-state index in [0.717, 1.165) is 18.2 Å². The van der Waals surface area contributed by atoms with Crippen LogP contribution < -0.4 is 4.74 Å². The van der Waals surface area contributed by atoms with E-state index in [4.69, 9.17) is 14.5 Å². The van der Waals surface area contributed by atoms with Gasteiger partial charge in [-0.05, 0) is 42.3 Å². The molecule has 8 nitrogen and oxygen atoms in total. The van der Waals surface area contributed by atoms with Gasteiger partial charge in [-0.2, -0.15) is 13.2 Å². The van der Waals surface area contributed by atoms with Crippen molar-refractivity contribution in [2.45, 2.75) is 17.7 Å². The van der Waals surface area contributed by atoms with Crippen LogP contribution in [0.4, 0.5) is 0 Å². The van der Waals surface area contributed by atoms with Gasteiger partial charge in [-0.1, -0.05) is 0 Å². The van der Waals surface area contributed by atoms with Gasteiger partial charge in [0.2, 0.25) is 0 Å². The van der Waals surface area contributed by atoms with Crippen LogP contribution in [0.2, 0.25) is 0 Å². The second-order valence-corrected chi connectivity index (χ2v) is 6.56. The second kappa shape index (κ2) is 5.88. The summed E-state index contributed by atoms with van der Waals surface area (Å²) in [6, 6.07) is 4.01. The molecule has 1 aliphatic carbocycles. The van der Waals surface area contributed by atoms with E-state index in [-0.39, 0.29) is 28.8 Å². The molecule has 0 saturated heterocycles. The topological polar surface area (TPSA) is 123 Å². The van der Waals surface area contributed by atoms with Crippen LogP contribution in [-0.2, 0) is 30.3 Å². The van der Waals surface area contributed by atoms with Gasteiger partial charge in [0.15, 0.2) is 5.76 Å². The number of allylic oxidation sites excluding steroid dienone is 3. The molecule has 1 heterocycles. The van der Waals surface area contributed by atoms with E-state index in [0.29, 0.717) is 17.7 Å². The third-order valence-corrected chi connectivity index (χ3v) is 4.63. The summed E-state index contributed by atoms with van der Waals surface area (Å²) in [7, 11) is -4.16. The standard InChI is InChI=1S/C15H10N2O6S/c16-17-12-8-10(2-4-13(12)18)23-24(20,21)11-3-5-14-9(7-11)1-6-15(19)22-14/h2-5,7-8H,1,6H2. The summed E-state index contributed by atoms with van der Waals surface area (Å²) in [5.74, 6) is -0.779. The molecule has 3 rings (SSSR count). The second-order valence-electron chi connectivity index (χ2n) is 5.01. The molecule has 9 heteroatoms. The molecule has 0 bridgehead atoms. The fourth-order valence-corrected chi connectivity index (χ4v) is 3.19. The van der Waals surface area contributed by atoms with Crippen LogP contribution in [0.1, 0.15) is 12.0 Å². The summed E-state index contributed by atoms with van der Waals surface area (Å²) in [5.41, 5.74) is 8.94. The SMILES string of the molecule is [N-]=[N+]=C1C=C(OS(=O)(=O)c2ccc3c(c2)CCC(=O)O3)C=CC1=O. The van der Waals surface area contributed by atoms with Gasteiger partial charge >= 0.3 is 21.8 Å². The summed E-state index contributed by atoms with van der Waals surface area (Å²) >= 11 is 0. The van der Waals surface area contributed by atoms with Crippen molar-refractivity contribution in [1.82, 2.24) is 0 Å². The van der Waals surface area contributed by atoms with Crippen LogP contribution in [0.3, 0.4) is 0 Å². The first-order chi connectivity index (χ1) is 11.4. The lowest BCUT2D eigenvalue weighted by atomic mass is 10.1. The summed E-state index contributed by atoms with van der Waals surface area (Å²) in [5, 5.41) is 0. The quantitative estimate of drug-likeness (QED) is 0.200. The molecule has 0 saturated carbocycles. The highest BCUT2D eigenvalue weighted by atomic mass is 32.2. The van der Waals surface area contributed by atoms with Crippen molar-refractivity contribution in [1.29, 1.82) is 0 Å². The van der Waals surface area contributed by atoms with Gasteiger partial charge in [0, 0.05) is 0 Å². The van der Waals surface area contributed by atoms with E-state index in [2.05, 4.69) is 4.79 Å². The van der Waals surface area contributed by atoms with Gasteiger partial charge < -0.3 is 14.5 Å². The number of aryl methyl sites for hydroxylation is 1. The Balaban J connectivity index is 1.89. The number of carbonyl (C=O) groups is 2. The lowest BCUT2D eigenvalue weighted by Crippen LogP contribution is -2.17. The molecule has 0 fully saturated rings. The van der Waals surface area contributed by atoms with Crippen LogP contribution in [0.15, 0.2) is 47.1 Å². The zero-order valence-electron chi connectivity index (χ0n) is 12.1. The molecule has 0 radical (unpaired) electrons. The zero-order valence-corrected chi connectivity index (χ0v) is 12.9. The Morgan fingerprint density at radius 2 is 1.96 bits per heavy atom. The van der Waals surface area contributed by atoms with Crippen molar-refractivity contribution in [2.24, 2.45) is 0 Å². The fraction of sp³-hybridized carbons (Fsp3) is 0.133. The minimum absolute atomic E-state index is 0.118. The Labute approximate surface area is 136 Å². The van der Waals surface area contributed by atoms with Crippen molar-refractivity contribution in [3.05, 3.63) is 53.3 Å². The predicted octanol–water partition coefficient (Wildman–Crippen LogP) is 0.937. The summed E-state index contributed by atoms with van der Waals surface area (Å²) in [4.78, 5) is 25.2. The molecule has 122 valence electrons. The lowest BCUT2D eigenvalue weighted by Gasteiger charge is -2.16. The molecule has 0 N–H and O–H groups in total. The molecule has 0 atom stereocenters. The monoisotopic (exact) mass is 346 g/mol. The number of ketones is 1. The maximum Gasteiger partial charge on any atom is 0.365 e. The number of fused-ring (bicyclic) bond motifs is 1. The highest BCUT2D eigenvalue weighted by Gasteiger charge is 2.26. The minimum Gasteiger partial charge on any atom is -0.426 e.